The highest BCUT2D eigenvalue weighted by Gasteiger charge is 2.55. The molecule has 6 heteroatoms. The molecule has 12 rings (SSSR count). The summed E-state index contributed by atoms with van der Waals surface area (Å²) in [6.45, 7) is 1.84. The number of furan rings is 1. The third-order valence-electron chi connectivity index (χ3n) is 13.4. The first-order valence-corrected chi connectivity index (χ1v) is 19.0. The molecule has 2 N–H and O–H groups in total. The van der Waals surface area contributed by atoms with Gasteiger partial charge in [0.1, 0.15) is 5.69 Å². The number of nitrogens with zero attached hydrogens (tertiary/aromatic N) is 2. The van der Waals surface area contributed by atoms with Crippen LogP contribution in [0.5, 0.6) is 0 Å². The molecule has 0 aliphatic heterocycles. The molecule has 2 unspecified atom stereocenters. The largest absolute Gasteiger partial charge is 0.462 e. The van der Waals surface area contributed by atoms with E-state index in [4.69, 9.17) is 14.4 Å². The zero-order valence-electron chi connectivity index (χ0n) is 26.8. The first kappa shape index (κ1) is 28.2. The molecule has 4 heterocycles. The summed E-state index contributed by atoms with van der Waals surface area (Å²) in [5.41, 5.74) is 7.89. The van der Waals surface area contributed by atoms with Crippen molar-refractivity contribution in [2.75, 3.05) is 0 Å². The first-order valence-electron chi connectivity index (χ1n) is 18.1. The number of pyridine rings is 2. The average Bonchev–Trinajstić information content (AvgIpc) is 3.76. The van der Waals surface area contributed by atoms with Crippen molar-refractivity contribution in [2.24, 2.45) is 35.5 Å². The lowest BCUT2D eigenvalue weighted by atomic mass is 9.48. The van der Waals surface area contributed by atoms with Crippen LogP contribution in [0.1, 0.15) is 93.2 Å². The van der Waals surface area contributed by atoms with Crippen LogP contribution in [-0.2, 0) is 13.1 Å². The van der Waals surface area contributed by atoms with Crippen LogP contribution in [-0.4, -0.2) is 21.0 Å². The molecule has 0 amide bonds. The lowest BCUT2D eigenvalue weighted by Crippen LogP contribution is -2.60. The molecule has 238 valence electrons. The van der Waals surface area contributed by atoms with Crippen molar-refractivity contribution in [1.29, 1.82) is 0 Å². The molecule has 0 radical (unpaired) electrons. The van der Waals surface area contributed by atoms with Gasteiger partial charge in [0, 0.05) is 47.5 Å². The Bertz CT molecular complexity index is 1640. The van der Waals surface area contributed by atoms with Crippen LogP contribution in [0.3, 0.4) is 0 Å². The second-order valence-electron chi connectivity index (χ2n) is 16.5. The number of aromatic nitrogens is 2. The van der Waals surface area contributed by atoms with Crippen molar-refractivity contribution in [2.45, 2.75) is 101 Å². The van der Waals surface area contributed by atoms with Crippen LogP contribution in [0.15, 0.2) is 70.2 Å². The molecule has 8 aliphatic rings. The third-order valence-corrected chi connectivity index (χ3v) is 14.1. The summed E-state index contributed by atoms with van der Waals surface area (Å²) in [5.74, 6) is 6.77. The van der Waals surface area contributed by atoms with Crippen LogP contribution in [0.4, 0.5) is 0 Å². The van der Waals surface area contributed by atoms with Crippen LogP contribution >= 0.6 is 11.3 Å². The molecule has 4 aromatic rings. The van der Waals surface area contributed by atoms with Gasteiger partial charge >= 0.3 is 0 Å². The van der Waals surface area contributed by atoms with Gasteiger partial charge in [0.25, 0.3) is 0 Å². The Hall–Kier alpha value is -2.80. The SMILES string of the molecule is c1cc(-c2ccc(CNC34CC5CC(C3)C(c3coc(-c6ccc(CNC78CC9CC(CC(C9)C7)C8)cn6)c3)C(C5)C4)cn2)cs1. The average molecular weight is 631 g/mol. The number of nitrogens with one attached hydrogen (secondary N) is 2. The molecule has 46 heavy (non-hydrogen) atoms. The Morgan fingerprint density at radius 1 is 0.696 bits per heavy atom. The van der Waals surface area contributed by atoms with E-state index in [1.165, 1.54) is 92.9 Å². The molecule has 8 fully saturated rings. The minimum Gasteiger partial charge on any atom is -0.462 e. The van der Waals surface area contributed by atoms with Crippen molar-refractivity contribution < 1.29 is 4.42 Å². The Labute approximate surface area is 277 Å². The number of hydrogen-bond donors (Lipinski definition) is 2. The molecule has 0 saturated heterocycles. The second kappa shape index (κ2) is 10.9. The van der Waals surface area contributed by atoms with Gasteiger partial charge in [-0.25, -0.2) is 0 Å². The highest BCUT2D eigenvalue weighted by molar-refractivity contribution is 7.08. The van der Waals surface area contributed by atoms with E-state index in [1.54, 1.807) is 11.3 Å². The van der Waals surface area contributed by atoms with Gasteiger partial charge in [-0.2, -0.15) is 11.3 Å². The van der Waals surface area contributed by atoms with E-state index < -0.39 is 0 Å². The normalized spacial score (nSPS) is 36.9. The van der Waals surface area contributed by atoms with Gasteiger partial charge in [-0.15, -0.1) is 0 Å². The van der Waals surface area contributed by atoms with E-state index in [9.17, 15) is 0 Å². The standard InChI is InChI=1S/C40H46N4OS/c1-3-35(31-5-6-46-24-31)41-19-25(1)22-44-40-16-30-10-32(17-40)38(33(11-30)18-40)34-12-37(45-23-34)36-4-2-26(20-42-36)21-43-39-13-27-7-28(14-39)9-29(8-27)15-39/h1-6,12,19-20,23-24,27-30,32-33,38,43-44H,7-11,13-18,21-22H2. The highest BCUT2D eigenvalue weighted by atomic mass is 32.1. The molecule has 2 atom stereocenters. The quantitative estimate of drug-likeness (QED) is 0.193. The summed E-state index contributed by atoms with van der Waals surface area (Å²) in [6, 6.07) is 13.3. The zero-order chi connectivity index (χ0) is 30.3. The van der Waals surface area contributed by atoms with Crippen molar-refractivity contribution in [3.8, 4) is 22.7 Å². The Kier molecular flexibility index (Phi) is 6.67. The van der Waals surface area contributed by atoms with E-state index in [1.807, 2.05) is 0 Å². The fourth-order valence-corrected chi connectivity index (χ4v) is 12.8. The minimum absolute atomic E-state index is 0.271. The van der Waals surface area contributed by atoms with E-state index >= 15 is 0 Å². The summed E-state index contributed by atoms with van der Waals surface area (Å²) in [7, 11) is 0. The smallest absolute Gasteiger partial charge is 0.152 e. The van der Waals surface area contributed by atoms with E-state index in [2.05, 4.69) is 76.4 Å². The fraction of sp³-hybridized carbons (Fsp3) is 0.550. The zero-order valence-corrected chi connectivity index (χ0v) is 27.6. The number of thiophene rings is 1. The molecule has 8 bridgehead atoms. The fourth-order valence-electron chi connectivity index (χ4n) is 12.1. The molecular weight excluding hydrogens is 585 g/mol. The van der Waals surface area contributed by atoms with Crippen molar-refractivity contribution >= 4 is 11.3 Å². The summed E-state index contributed by atoms with van der Waals surface area (Å²) in [4.78, 5) is 9.66. The van der Waals surface area contributed by atoms with Crippen molar-refractivity contribution in [1.82, 2.24) is 20.6 Å². The molecule has 0 aromatic carbocycles. The van der Waals surface area contributed by atoms with Gasteiger partial charge in [0.15, 0.2) is 5.76 Å². The van der Waals surface area contributed by atoms with Crippen LogP contribution in [0.25, 0.3) is 22.7 Å². The molecule has 0 spiro atoms. The predicted octanol–water partition coefficient (Wildman–Crippen LogP) is 8.98. The minimum atomic E-state index is 0.271. The monoisotopic (exact) mass is 630 g/mol. The third kappa shape index (κ3) is 5.02. The maximum absolute atomic E-state index is 6.24. The molecule has 8 saturated carbocycles. The van der Waals surface area contributed by atoms with Crippen LogP contribution in [0.2, 0.25) is 0 Å². The molecule has 4 aromatic heterocycles. The first-order chi connectivity index (χ1) is 22.6. The Morgan fingerprint density at radius 3 is 1.85 bits per heavy atom. The van der Waals surface area contributed by atoms with Gasteiger partial charge in [-0.1, -0.05) is 12.1 Å². The van der Waals surface area contributed by atoms with Crippen LogP contribution < -0.4 is 10.6 Å². The van der Waals surface area contributed by atoms with E-state index in [0.29, 0.717) is 11.5 Å². The number of hydrogen-bond acceptors (Lipinski definition) is 6. The van der Waals surface area contributed by atoms with Gasteiger partial charge in [-0.05, 0) is 158 Å². The van der Waals surface area contributed by atoms with Gasteiger partial charge < -0.3 is 15.1 Å². The lowest BCUT2D eigenvalue weighted by molar-refractivity contribution is -0.0392. The van der Waals surface area contributed by atoms with E-state index in [0.717, 1.165) is 65.7 Å². The van der Waals surface area contributed by atoms with E-state index in [-0.39, 0.29) is 5.54 Å². The molecule has 5 nitrogen and oxygen atoms in total. The second-order valence-corrected chi connectivity index (χ2v) is 17.3. The lowest BCUT2D eigenvalue weighted by Gasteiger charge is -2.60. The summed E-state index contributed by atoms with van der Waals surface area (Å²) >= 11 is 1.73. The maximum atomic E-state index is 6.24. The maximum Gasteiger partial charge on any atom is 0.152 e. The molecule has 8 aliphatic carbocycles. The highest BCUT2D eigenvalue weighted by Crippen LogP contribution is 2.61. The predicted molar refractivity (Wildman–Crippen MR) is 183 cm³/mol. The number of rotatable bonds is 9. The Morgan fingerprint density at radius 2 is 1.28 bits per heavy atom. The van der Waals surface area contributed by atoms with Gasteiger partial charge in [0.05, 0.1) is 12.0 Å². The van der Waals surface area contributed by atoms with Crippen molar-refractivity contribution in [3.63, 3.8) is 0 Å². The topological polar surface area (TPSA) is 63.0 Å². The summed E-state index contributed by atoms with van der Waals surface area (Å²) in [6.07, 6.45) is 21.5. The van der Waals surface area contributed by atoms with Crippen LogP contribution in [0, 0.1) is 35.5 Å². The van der Waals surface area contributed by atoms with Gasteiger partial charge in [0.2, 0.25) is 0 Å². The van der Waals surface area contributed by atoms with Crippen molar-refractivity contribution in [3.05, 3.63) is 82.5 Å². The Balaban J connectivity index is 0.786. The molecular formula is C40H46N4OS. The summed E-state index contributed by atoms with van der Waals surface area (Å²) < 4.78 is 6.24. The van der Waals surface area contributed by atoms with Gasteiger partial charge in [-0.3, -0.25) is 9.97 Å². The summed E-state index contributed by atoms with van der Waals surface area (Å²) in [5, 5.41) is 12.4.